The number of benzene rings is 2. The van der Waals surface area contributed by atoms with Crippen molar-refractivity contribution in [3.63, 3.8) is 0 Å². The van der Waals surface area contributed by atoms with Gasteiger partial charge in [-0.25, -0.2) is 4.79 Å². The number of carbonyl (C=O) groups excluding carboxylic acids is 1. The van der Waals surface area contributed by atoms with Crippen LogP contribution in [0.4, 0.5) is 0 Å². The Balaban J connectivity index is 1.50. The average Bonchev–Trinajstić information content (AvgIpc) is 3.33. The third-order valence-electron chi connectivity index (χ3n) is 5.17. The summed E-state index contributed by atoms with van der Waals surface area (Å²) in [5, 5.41) is 8.07. The molecule has 1 aliphatic heterocycles. The molecule has 150 valence electrons. The van der Waals surface area contributed by atoms with E-state index in [0.717, 1.165) is 16.9 Å². The van der Waals surface area contributed by atoms with E-state index in [1.54, 1.807) is 32.2 Å². The normalized spacial score (nSPS) is 18.6. The minimum absolute atomic E-state index is 0.0133. The van der Waals surface area contributed by atoms with Crippen molar-refractivity contribution in [2.24, 2.45) is 0 Å². The molecule has 0 fully saturated rings. The highest BCUT2D eigenvalue weighted by Gasteiger charge is 2.32. The van der Waals surface area contributed by atoms with Gasteiger partial charge in [0.2, 0.25) is 5.89 Å². The molecule has 7 nitrogen and oxygen atoms in total. The highest BCUT2D eigenvalue weighted by atomic mass is 16.6. The Kier molecular flexibility index (Phi) is 4.96. The molecule has 2 aromatic carbocycles. The molecule has 1 aliphatic rings. The molecule has 0 bridgehead atoms. The number of carbonyl (C=O) groups is 1. The van der Waals surface area contributed by atoms with Gasteiger partial charge in [0.15, 0.2) is 6.10 Å². The smallest absolute Gasteiger partial charge is 0.342 e. The van der Waals surface area contributed by atoms with Crippen molar-refractivity contribution in [1.82, 2.24) is 10.2 Å². The second kappa shape index (κ2) is 7.58. The van der Waals surface area contributed by atoms with E-state index in [4.69, 9.17) is 18.6 Å². The van der Waals surface area contributed by atoms with Gasteiger partial charge in [0, 0.05) is 17.0 Å². The molecule has 0 unspecified atom stereocenters. The molecule has 3 atom stereocenters. The molecule has 2 heterocycles. The van der Waals surface area contributed by atoms with Gasteiger partial charge in [0.1, 0.15) is 23.2 Å². The van der Waals surface area contributed by atoms with E-state index in [0.29, 0.717) is 17.2 Å². The van der Waals surface area contributed by atoms with Crippen LogP contribution in [-0.4, -0.2) is 29.4 Å². The van der Waals surface area contributed by atoms with Crippen LogP contribution in [0.3, 0.4) is 0 Å². The summed E-state index contributed by atoms with van der Waals surface area (Å²) in [6, 6.07) is 12.8. The van der Waals surface area contributed by atoms with Crippen LogP contribution >= 0.6 is 0 Å². The van der Waals surface area contributed by atoms with Crippen molar-refractivity contribution in [3.8, 4) is 23.0 Å². The second-order valence-electron chi connectivity index (χ2n) is 7.06. The zero-order chi connectivity index (χ0) is 20.5. The molecule has 29 heavy (non-hydrogen) atoms. The van der Waals surface area contributed by atoms with Gasteiger partial charge in [-0.05, 0) is 44.2 Å². The van der Waals surface area contributed by atoms with E-state index in [1.165, 1.54) is 0 Å². The van der Waals surface area contributed by atoms with Gasteiger partial charge in [0.05, 0.1) is 7.11 Å². The summed E-state index contributed by atoms with van der Waals surface area (Å²) in [4.78, 5) is 12.7. The Bertz CT molecular complexity index is 1030. The molecule has 3 aromatic rings. The van der Waals surface area contributed by atoms with E-state index in [9.17, 15) is 4.79 Å². The summed E-state index contributed by atoms with van der Waals surface area (Å²) in [6.07, 6.45) is -0.687. The van der Waals surface area contributed by atoms with E-state index < -0.39 is 12.1 Å². The third kappa shape index (κ3) is 3.55. The zero-order valence-corrected chi connectivity index (χ0v) is 16.7. The van der Waals surface area contributed by atoms with Crippen LogP contribution in [0.2, 0.25) is 0 Å². The van der Waals surface area contributed by atoms with E-state index >= 15 is 0 Å². The van der Waals surface area contributed by atoms with Crippen LogP contribution in [0.25, 0.3) is 11.5 Å². The standard InChI is InChI=1S/C22H22N2O5/c1-12-13(2)27-19-17(12)6-5-7-18(19)22(25)28-14(3)20-23-24-21(29-20)15-8-10-16(26-4)11-9-15/h5-14H,1-4H3/t12-,13+,14+/m1/s1. The lowest BCUT2D eigenvalue weighted by Gasteiger charge is -2.12. The minimum Gasteiger partial charge on any atom is -0.497 e. The monoisotopic (exact) mass is 394 g/mol. The largest absolute Gasteiger partial charge is 0.497 e. The molecular formula is C22H22N2O5. The Morgan fingerprint density at radius 1 is 1.10 bits per heavy atom. The Morgan fingerprint density at radius 2 is 1.86 bits per heavy atom. The molecule has 4 rings (SSSR count). The number of ether oxygens (including phenoxy) is 3. The highest BCUT2D eigenvalue weighted by Crippen LogP contribution is 2.40. The topological polar surface area (TPSA) is 83.7 Å². The molecule has 0 N–H and O–H groups in total. The minimum atomic E-state index is -0.700. The first kappa shape index (κ1) is 19.0. The van der Waals surface area contributed by atoms with Crippen molar-refractivity contribution in [1.29, 1.82) is 0 Å². The lowest BCUT2D eigenvalue weighted by atomic mass is 9.97. The maximum atomic E-state index is 12.7. The highest BCUT2D eigenvalue weighted by molar-refractivity contribution is 5.93. The number of rotatable bonds is 5. The molecule has 0 amide bonds. The summed E-state index contributed by atoms with van der Waals surface area (Å²) >= 11 is 0. The van der Waals surface area contributed by atoms with Crippen molar-refractivity contribution >= 4 is 5.97 Å². The number of esters is 1. The summed E-state index contributed by atoms with van der Waals surface area (Å²) in [7, 11) is 1.60. The fourth-order valence-corrected chi connectivity index (χ4v) is 3.27. The molecule has 0 spiro atoms. The predicted molar refractivity (Wildman–Crippen MR) is 105 cm³/mol. The van der Waals surface area contributed by atoms with Gasteiger partial charge < -0.3 is 18.6 Å². The number of aromatic nitrogens is 2. The summed E-state index contributed by atoms with van der Waals surface area (Å²) < 4.78 is 22.3. The average molecular weight is 394 g/mol. The van der Waals surface area contributed by atoms with Crippen molar-refractivity contribution in [2.45, 2.75) is 38.9 Å². The molecule has 1 aromatic heterocycles. The second-order valence-corrected chi connectivity index (χ2v) is 7.06. The lowest BCUT2D eigenvalue weighted by molar-refractivity contribution is 0.0275. The summed E-state index contributed by atoms with van der Waals surface area (Å²) in [5.74, 6) is 1.63. The van der Waals surface area contributed by atoms with Crippen LogP contribution in [0.5, 0.6) is 11.5 Å². The number of hydrogen-bond donors (Lipinski definition) is 0. The maximum Gasteiger partial charge on any atom is 0.342 e. The molecule has 0 aliphatic carbocycles. The van der Waals surface area contributed by atoms with Crippen LogP contribution in [0.1, 0.15) is 54.6 Å². The fourth-order valence-electron chi connectivity index (χ4n) is 3.27. The molecular weight excluding hydrogens is 372 g/mol. The van der Waals surface area contributed by atoms with E-state index in [1.807, 2.05) is 31.2 Å². The number of methoxy groups -OCH3 is 1. The van der Waals surface area contributed by atoms with Gasteiger partial charge in [-0.15, -0.1) is 10.2 Å². The summed E-state index contributed by atoms with van der Waals surface area (Å²) in [6.45, 7) is 5.76. The van der Waals surface area contributed by atoms with Crippen molar-refractivity contribution < 1.29 is 23.4 Å². The lowest BCUT2D eigenvalue weighted by Crippen LogP contribution is -2.12. The van der Waals surface area contributed by atoms with Crippen molar-refractivity contribution in [2.75, 3.05) is 7.11 Å². The Morgan fingerprint density at radius 3 is 2.59 bits per heavy atom. The first-order chi connectivity index (χ1) is 14.0. The molecule has 7 heteroatoms. The number of hydrogen-bond acceptors (Lipinski definition) is 7. The van der Waals surface area contributed by atoms with E-state index in [2.05, 4.69) is 17.1 Å². The van der Waals surface area contributed by atoms with Crippen LogP contribution < -0.4 is 9.47 Å². The number of para-hydroxylation sites is 1. The van der Waals surface area contributed by atoms with Crippen LogP contribution in [0.15, 0.2) is 46.9 Å². The van der Waals surface area contributed by atoms with Gasteiger partial charge in [-0.2, -0.15) is 0 Å². The Hall–Kier alpha value is -3.35. The fraction of sp³-hybridized carbons (Fsp3) is 0.318. The van der Waals surface area contributed by atoms with Gasteiger partial charge >= 0.3 is 5.97 Å². The quantitative estimate of drug-likeness (QED) is 0.587. The summed E-state index contributed by atoms with van der Waals surface area (Å²) in [5.41, 5.74) is 2.17. The SMILES string of the molecule is COc1ccc(-c2nnc([C@H](C)OC(=O)c3cccc4c3O[C@@H](C)[C@H]4C)o2)cc1. The molecule has 0 radical (unpaired) electrons. The maximum absolute atomic E-state index is 12.7. The predicted octanol–water partition coefficient (Wildman–Crippen LogP) is 4.55. The first-order valence-corrected chi connectivity index (χ1v) is 9.46. The molecule has 0 saturated carbocycles. The zero-order valence-electron chi connectivity index (χ0n) is 16.7. The van der Waals surface area contributed by atoms with Crippen molar-refractivity contribution in [3.05, 3.63) is 59.5 Å². The molecule has 0 saturated heterocycles. The van der Waals surface area contributed by atoms with E-state index in [-0.39, 0.29) is 17.9 Å². The first-order valence-electron chi connectivity index (χ1n) is 9.46. The van der Waals surface area contributed by atoms with Crippen LogP contribution in [-0.2, 0) is 4.74 Å². The number of nitrogens with zero attached hydrogens (tertiary/aromatic N) is 2. The van der Waals surface area contributed by atoms with Gasteiger partial charge in [0.25, 0.3) is 5.89 Å². The van der Waals surface area contributed by atoms with Gasteiger partial charge in [-0.3, -0.25) is 0 Å². The third-order valence-corrected chi connectivity index (χ3v) is 5.17. The van der Waals surface area contributed by atoms with Crippen LogP contribution in [0, 0.1) is 0 Å². The van der Waals surface area contributed by atoms with Gasteiger partial charge in [-0.1, -0.05) is 19.1 Å². The number of fused-ring (bicyclic) bond motifs is 1. The Labute approximate surface area is 168 Å².